The highest BCUT2D eigenvalue weighted by molar-refractivity contribution is 6.43. The quantitative estimate of drug-likeness (QED) is 0.312. The number of benzene rings is 1. The Kier molecular flexibility index (Phi) is 9.93. The van der Waals surface area contributed by atoms with Crippen LogP contribution in [0.15, 0.2) is 47.1 Å². The van der Waals surface area contributed by atoms with Gasteiger partial charge < -0.3 is 19.9 Å². The van der Waals surface area contributed by atoms with Crippen molar-refractivity contribution in [1.82, 2.24) is 14.8 Å². The van der Waals surface area contributed by atoms with E-state index >= 15 is 0 Å². The van der Waals surface area contributed by atoms with Crippen LogP contribution in [0.3, 0.4) is 0 Å². The molecular weight excluding hydrogens is 492 g/mol. The Hall–Kier alpha value is -3.42. The van der Waals surface area contributed by atoms with Crippen molar-refractivity contribution in [2.45, 2.75) is 78.8 Å². The number of fused-ring (bicyclic) bond motifs is 1. The lowest BCUT2D eigenvalue weighted by Gasteiger charge is -2.42. The van der Waals surface area contributed by atoms with Crippen LogP contribution in [0.4, 0.5) is 0 Å². The first-order valence-electron chi connectivity index (χ1n) is 13.6. The minimum atomic E-state index is -1.21. The van der Waals surface area contributed by atoms with Gasteiger partial charge in [-0.05, 0) is 50.7 Å². The Morgan fingerprint density at radius 3 is 2.23 bits per heavy atom. The lowest BCUT2D eigenvalue weighted by molar-refractivity contribution is -0.144. The van der Waals surface area contributed by atoms with E-state index in [-0.39, 0.29) is 23.3 Å². The zero-order chi connectivity index (χ0) is 29.9. The first-order chi connectivity index (χ1) is 18.1. The monoisotopic (exact) mass is 538 g/mol. The summed E-state index contributed by atoms with van der Waals surface area (Å²) in [6.45, 7) is 15.1. The van der Waals surface area contributed by atoms with Gasteiger partial charge in [-0.1, -0.05) is 58.9 Å². The van der Waals surface area contributed by atoms with E-state index < -0.39 is 28.9 Å². The van der Waals surface area contributed by atoms with E-state index in [0.29, 0.717) is 12.1 Å². The molecule has 1 unspecified atom stereocenters. The number of rotatable bonds is 11. The number of hydrogen-bond donors (Lipinski definition) is 2. The molecule has 2 amide bonds. The van der Waals surface area contributed by atoms with Crippen LogP contribution in [0, 0.1) is 11.8 Å². The summed E-state index contributed by atoms with van der Waals surface area (Å²) in [5.41, 5.74) is 0.571. The predicted octanol–water partition coefficient (Wildman–Crippen LogP) is 4.96. The Morgan fingerprint density at radius 2 is 1.74 bits per heavy atom. The molecule has 1 aromatic carbocycles. The van der Waals surface area contributed by atoms with E-state index in [2.05, 4.69) is 10.3 Å². The summed E-state index contributed by atoms with van der Waals surface area (Å²) in [4.78, 5) is 45.7. The van der Waals surface area contributed by atoms with Gasteiger partial charge in [0.15, 0.2) is 0 Å². The Labute approximate surface area is 233 Å². The fourth-order valence-electron chi connectivity index (χ4n) is 5.52. The van der Waals surface area contributed by atoms with Gasteiger partial charge in [0, 0.05) is 49.2 Å². The van der Waals surface area contributed by atoms with Crippen molar-refractivity contribution in [2.24, 2.45) is 23.9 Å². The third kappa shape index (κ3) is 6.10. The normalized spacial score (nSPS) is 15.4. The fraction of sp³-hybridized carbons (Fsp3) is 0.548. The van der Waals surface area contributed by atoms with Gasteiger partial charge in [0.05, 0.1) is 6.04 Å². The Morgan fingerprint density at radius 1 is 1.15 bits per heavy atom. The van der Waals surface area contributed by atoms with Crippen LogP contribution in [-0.2, 0) is 26.8 Å². The molecule has 0 aliphatic heterocycles. The highest BCUT2D eigenvalue weighted by atomic mass is 16.4. The molecule has 2 N–H and O–H groups in total. The topological polar surface area (TPSA) is 104 Å². The summed E-state index contributed by atoms with van der Waals surface area (Å²) in [7, 11) is 5.26. The fourth-order valence-corrected chi connectivity index (χ4v) is 5.52. The molecule has 0 saturated carbocycles. The van der Waals surface area contributed by atoms with Gasteiger partial charge in [-0.15, -0.1) is 0 Å². The molecule has 0 aliphatic carbocycles. The van der Waals surface area contributed by atoms with Crippen molar-refractivity contribution in [3.05, 3.63) is 47.7 Å². The minimum Gasteiger partial charge on any atom is -0.478 e. The summed E-state index contributed by atoms with van der Waals surface area (Å²) in [6, 6.07) is 7.59. The van der Waals surface area contributed by atoms with E-state index in [1.165, 1.54) is 6.92 Å². The number of hydrogen-bond acceptors (Lipinski definition) is 4. The van der Waals surface area contributed by atoms with Crippen LogP contribution < -0.4 is 5.32 Å². The number of carbonyl (C=O) groups is 3. The number of amides is 2. The van der Waals surface area contributed by atoms with Crippen molar-refractivity contribution in [1.29, 1.82) is 0 Å². The number of para-hydroxylation sites is 1. The number of nitrogens with zero attached hydrogens (tertiary/aromatic N) is 3. The van der Waals surface area contributed by atoms with E-state index in [1.54, 1.807) is 25.1 Å². The van der Waals surface area contributed by atoms with Gasteiger partial charge in [-0.2, -0.15) is 0 Å². The predicted molar refractivity (Wildman–Crippen MR) is 158 cm³/mol. The number of likely N-dealkylation sites (N-methyl/N-ethyl adjacent to an activating group) is 1. The second-order valence-corrected chi connectivity index (χ2v) is 11.6. The molecule has 214 valence electrons. The molecule has 0 fully saturated rings. The van der Waals surface area contributed by atoms with Gasteiger partial charge >= 0.3 is 5.97 Å². The average molecular weight is 539 g/mol. The first kappa shape index (κ1) is 31.8. The summed E-state index contributed by atoms with van der Waals surface area (Å²) in [6.07, 6.45) is 4.00. The summed E-state index contributed by atoms with van der Waals surface area (Å²) in [5.74, 6) is -1.97. The molecule has 2 aromatic rings. The third-order valence-corrected chi connectivity index (χ3v) is 8.07. The average Bonchev–Trinajstić information content (AvgIpc) is 3.22. The standard InChI is InChI=1S/C31H46N4O4/c1-12-31(20(4)5,29(39)35(11)25(19(2)3)17-21(6)28(37)38)33-27(36)26(32-9)30(7,8)23-18-34(10)24-16-14-13-15-22(23)24/h13-20,25H,12H2,1-11H3,(H,33,36)(H,37,38)/b21-17+,32-26+/t25-,31?/m1/s1. The number of nitrogens with one attached hydrogen (secondary N) is 1. The molecule has 8 nitrogen and oxygen atoms in total. The van der Waals surface area contributed by atoms with Gasteiger partial charge in [-0.25, -0.2) is 4.79 Å². The van der Waals surface area contributed by atoms with Gasteiger partial charge in [0.2, 0.25) is 5.91 Å². The minimum absolute atomic E-state index is 0.0382. The second kappa shape index (κ2) is 12.2. The highest BCUT2D eigenvalue weighted by Crippen LogP contribution is 2.34. The SMILES string of the molecule is CCC(NC(=O)/C(=N\C)C(C)(C)c1cn(C)c2ccccc12)(C(=O)N(C)[C@H](/C=C(\C)C(=O)O)C(C)C)C(C)C. The first-order valence-corrected chi connectivity index (χ1v) is 13.6. The zero-order valence-corrected chi connectivity index (χ0v) is 25.4. The molecule has 39 heavy (non-hydrogen) atoms. The van der Waals surface area contributed by atoms with E-state index in [1.807, 2.05) is 90.5 Å². The number of carbonyl (C=O) groups excluding carboxylic acids is 2. The number of aryl methyl sites for hydroxylation is 1. The number of aromatic nitrogens is 1. The number of carboxylic acids is 1. The lowest BCUT2D eigenvalue weighted by Crippen LogP contribution is -2.65. The molecular formula is C31H46N4O4. The van der Waals surface area contributed by atoms with Gasteiger partial charge in [0.1, 0.15) is 11.3 Å². The number of aliphatic carboxylic acids is 1. The molecule has 8 heteroatoms. The van der Waals surface area contributed by atoms with Crippen LogP contribution in [0.1, 0.15) is 67.4 Å². The van der Waals surface area contributed by atoms with E-state index in [4.69, 9.17) is 0 Å². The van der Waals surface area contributed by atoms with E-state index in [0.717, 1.165) is 16.5 Å². The lowest BCUT2D eigenvalue weighted by atomic mass is 9.77. The van der Waals surface area contributed by atoms with Crippen LogP contribution in [0.5, 0.6) is 0 Å². The van der Waals surface area contributed by atoms with Crippen molar-refractivity contribution in [3.63, 3.8) is 0 Å². The summed E-state index contributed by atoms with van der Waals surface area (Å²) in [5, 5.41) is 13.6. The molecule has 0 saturated heterocycles. The van der Waals surface area contributed by atoms with Crippen LogP contribution in [-0.4, -0.2) is 63.7 Å². The van der Waals surface area contributed by atoms with Gasteiger partial charge in [0.25, 0.3) is 5.91 Å². The third-order valence-electron chi connectivity index (χ3n) is 8.07. The van der Waals surface area contributed by atoms with Crippen molar-refractivity contribution in [2.75, 3.05) is 14.1 Å². The van der Waals surface area contributed by atoms with Crippen molar-refractivity contribution < 1.29 is 19.5 Å². The van der Waals surface area contributed by atoms with E-state index in [9.17, 15) is 19.5 Å². The molecule has 2 atom stereocenters. The Balaban J connectivity index is 2.53. The van der Waals surface area contributed by atoms with Gasteiger partial charge in [-0.3, -0.25) is 14.6 Å². The summed E-state index contributed by atoms with van der Waals surface area (Å²) >= 11 is 0. The molecule has 0 radical (unpaired) electrons. The van der Waals surface area contributed by atoms with Crippen molar-refractivity contribution in [3.8, 4) is 0 Å². The smallest absolute Gasteiger partial charge is 0.331 e. The number of aliphatic imine (C=N–C) groups is 1. The van der Waals surface area contributed by atoms with Crippen LogP contribution in [0.2, 0.25) is 0 Å². The maximum atomic E-state index is 14.2. The molecule has 1 heterocycles. The number of carboxylic acid groups (broad SMARTS) is 1. The summed E-state index contributed by atoms with van der Waals surface area (Å²) < 4.78 is 2.04. The molecule has 2 rings (SSSR count). The molecule has 0 spiro atoms. The second-order valence-electron chi connectivity index (χ2n) is 11.6. The van der Waals surface area contributed by atoms with Crippen molar-refractivity contribution >= 4 is 34.4 Å². The zero-order valence-electron chi connectivity index (χ0n) is 25.4. The maximum Gasteiger partial charge on any atom is 0.331 e. The van der Waals surface area contributed by atoms with Crippen LogP contribution in [0.25, 0.3) is 10.9 Å². The molecule has 0 bridgehead atoms. The highest BCUT2D eigenvalue weighted by Gasteiger charge is 2.46. The maximum absolute atomic E-state index is 14.2. The largest absolute Gasteiger partial charge is 0.478 e. The Bertz CT molecular complexity index is 1280. The van der Waals surface area contributed by atoms with Crippen LogP contribution >= 0.6 is 0 Å². The molecule has 0 aliphatic rings. The molecule has 1 aromatic heterocycles.